The summed E-state index contributed by atoms with van der Waals surface area (Å²) in [5.74, 6) is 0.375. The normalized spacial score (nSPS) is 17.2. The van der Waals surface area contributed by atoms with Crippen LogP contribution in [-0.2, 0) is 14.6 Å². The molecule has 174 valence electrons. The van der Waals surface area contributed by atoms with Crippen molar-refractivity contribution in [3.05, 3.63) is 65.9 Å². The smallest absolute Gasteiger partial charge is 0.233 e. The minimum Gasteiger partial charge on any atom is -0.338 e. The van der Waals surface area contributed by atoms with Crippen molar-refractivity contribution in [2.75, 3.05) is 23.8 Å². The SMILES string of the molecule is CCN(C(=O)CSc1ncc(-c2ccccc2)n1-c1ccc(C)cc1C)[C@@H]1CCS(=O)(=O)C1. The van der Waals surface area contributed by atoms with Gasteiger partial charge in [0.05, 0.1) is 34.8 Å². The van der Waals surface area contributed by atoms with E-state index in [-0.39, 0.29) is 29.2 Å². The number of amides is 1. The lowest BCUT2D eigenvalue weighted by atomic mass is 10.1. The van der Waals surface area contributed by atoms with Gasteiger partial charge < -0.3 is 4.90 Å². The van der Waals surface area contributed by atoms with Gasteiger partial charge in [-0.15, -0.1) is 0 Å². The Morgan fingerprint density at radius 2 is 1.94 bits per heavy atom. The number of carbonyl (C=O) groups excluding carboxylic acids is 1. The van der Waals surface area contributed by atoms with E-state index in [1.807, 2.05) is 31.3 Å². The van der Waals surface area contributed by atoms with Crippen LogP contribution in [0.2, 0.25) is 0 Å². The molecule has 1 aromatic heterocycles. The summed E-state index contributed by atoms with van der Waals surface area (Å²) in [4.78, 5) is 19.4. The van der Waals surface area contributed by atoms with Gasteiger partial charge in [-0.1, -0.05) is 59.8 Å². The van der Waals surface area contributed by atoms with Crippen molar-refractivity contribution in [3.8, 4) is 16.9 Å². The molecule has 1 fully saturated rings. The van der Waals surface area contributed by atoms with Gasteiger partial charge in [-0.3, -0.25) is 9.36 Å². The summed E-state index contributed by atoms with van der Waals surface area (Å²) in [6.45, 7) is 6.55. The van der Waals surface area contributed by atoms with Crippen LogP contribution in [0.15, 0.2) is 59.9 Å². The number of sulfone groups is 1. The third-order valence-corrected chi connectivity index (χ3v) is 8.71. The molecule has 1 aliphatic rings. The predicted molar refractivity (Wildman–Crippen MR) is 134 cm³/mol. The number of nitrogens with zero attached hydrogens (tertiary/aromatic N) is 3. The fourth-order valence-corrected chi connectivity index (χ4v) is 7.01. The molecule has 2 aromatic carbocycles. The van der Waals surface area contributed by atoms with E-state index in [9.17, 15) is 13.2 Å². The number of hydrogen-bond donors (Lipinski definition) is 0. The summed E-state index contributed by atoms with van der Waals surface area (Å²) in [6, 6.07) is 16.2. The van der Waals surface area contributed by atoms with E-state index >= 15 is 0 Å². The van der Waals surface area contributed by atoms with Gasteiger partial charge in [0.1, 0.15) is 0 Å². The maximum absolute atomic E-state index is 13.1. The first-order valence-corrected chi connectivity index (χ1v) is 13.9. The number of imidazole rings is 1. The fourth-order valence-electron chi connectivity index (χ4n) is 4.41. The van der Waals surface area contributed by atoms with Gasteiger partial charge >= 0.3 is 0 Å². The molecular weight excluding hydrogens is 454 g/mol. The van der Waals surface area contributed by atoms with Crippen molar-refractivity contribution >= 4 is 27.5 Å². The van der Waals surface area contributed by atoms with Gasteiger partial charge in [0.25, 0.3) is 0 Å². The van der Waals surface area contributed by atoms with Crippen LogP contribution in [0.3, 0.4) is 0 Å². The molecule has 33 heavy (non-hydrogen) atoms. The van der Waals surface area contributed by atoms with Crippen molar-refractivity contribution < 1.29 is 13.2 Å². The Balaban J connectivity index is 1.63. The zero-order chi connectivity index (χ0) is 23.6. The molecule has 6 nitrogen and oxygen atoms in total. The Morgan fingerprint density at radius 1 is 1.18 bits per heavy atom. The maximum atomic E-state index is 13.1. The number of rotatable bonds is 7. The zero-order valence-electron chi connectivity index (χ0n) is 19.2. The lowest BCUT2D eigenvalue weighted by Gasteiger charge is -2.26. The second kappa shape index (κ2) is 9.73. The summed E-state index contributed by atoms with van der Waals surface area (Å²) in [6.07, 6.45) is 2.37. The van der Waals surface area contributed by atoms with Crippen LogP contribution in [0.4, 0.5) is 0 Å². The maximum Gasteiger partial charge on any atom is 0.233 e. The van der Waals surface area contributed by atoms with Crippen LogP contribution < -0.4 is 0 Å². The van der Waals surface area contributed by atoms with Gasteiger partial charge in [0.15, 0.2) is 15.0 Å². The fraction of sp³-hybridized carbons (Fsp3) is 0.360. The highest BCUT2D eigenvalue weighted by Gasteiger charge is 2.34. The summed E-state index contributed by atoms with van der Waals surface area (Å²) < 4.78 is 25.9. The standard InChI is InChI=1S/C25H29N3O3S2/c1-4-27(21-12-13-33(30,31)17-21)24(29)16-32-25-26-15-23(20-8-6-5-7-9-20)28(25)22-11-10-18(2)14-19(22)3/h5-11,14-15,21H,4,12-13,16-17H2,1-3H3/t21-/m1/s1. The Morgan fingerprint density at radius 3 is 2.58 bits per heavy atom. The van der Waals surface area contributed by atoms with Gasteiger partial charge in [0.2, 0.25) is 5.91 Å². The minimum atomic E-state index is -3.05. The summed E-state index contributed by atoms with van der Waals surface area (Å²) in [5.41, 5.74) is 5.36. The molecule has 1 aliphatic heterocycles. The highest BCUT2D eigenvalue weighted by atomic mass is 32.2. The van der Waals surface area contributed by atoms with E-state index in [0.717, 1.165) is 27.7 Å². The first-order chi connectivity index (χ1) is 15.8. The van der Waals surface area contributed by atoms with Crippen molar-refractivity contribution in [1.82, 2.24) is 14.5 Å². The van der Waals surface area contributed by atoms with Crippen LogP contribution in [0.25, 0.3) is 16.9 Å². The Labute approximate surface area is 199 Å². The largest absolute Gasteiger partial charge is 0.338 e. The predicted octanol–water partition coefficient (Wildman–Crippen LogP) is 4.28. The van der Waals surface area contributed by atoms with E-state index in [1.165, 1.54) is 17.3 Å². The van der Waals surface area contributed by atoms with Crippen LogP contribution >= 0.6 is 11.8 Å². The lowest BCUT2D eigenvalue weighted by molar-refractivity contribution is -0.129. The molecule has 0 saturated carbocycles. The van der Waals surface area contributed by atoms with E-state index in [2.05, 4.69) is 53.7 Å². The van der Waals surface area contributed by atoms with Crippen molar-refractivity contribution in [1.29, 1.82) is 0 Å². The molecule has 0 spiro atoms. The average Bonchev–Trinajstić information content (AvgIpc) is 3.36. The van der Waals surface area contributed by atoms with Gasteiger partial charge in [-0.2, -0.15) is 0 Å². The molecule has 0 N–H and O–H groups in total. The average molecular weight is 484 g/mol. The molecule has 0 aliphatic carbocycles. The highest BCUT2D eigenvalue weighted by molar-refractivity contribution is 7.99. The summed E-state index contributed by atoms with van der Waals surface area (Å²) in [7, 11) is -3.05. The van der Waals surface area contributed by atoms with Crippen molar-refractivity contribution in [2.45, 2.75) is 38.4 Å². The number of aryl methyl sites for hydroxylation is 2. The molecule has 1 atom stereocenters. The molecular formula is C25H29N3O3S2. The van der Waals surface area contributed by atoms with Crippen LogP contribution in [0.5, 0.6) is 0 Å². The molecule has 1 amide bonds. The van der Waals surface area contributed by atoms with E-state index in [4.69, 9.17) is 0 Å². The molecule has 0 radical (unpaired) electrons. The van der Waals surface area contributed by atoms with Gasteiger partial charge in [-0.25, -0.2) is 13.4 Å². The highest BCUT2D eigenvalue weighted by Crippen LogP contribution is 2.32. The molecule has 0 unspecified atom stereocenters. The molecule has 1 saturated heterocycles. The first kappa shape index (κ1) is 23.6. The van der Waals surface area contributed by atoms with Crippen LogP contribution in [0.1, 0.15) is 24.5 Å². The third kappa shape index (κ3) is 5.17. The number of aromatic nitrogens is 2. The zero-order valence-corrected chi connectivity index (χ0v) is 20.8. The Bertz CT molecular complexity index is 1250. The number of carbonyl (C=O) groups is 1. The monoisotopic (exact) mass is 483 g/mol. The Hall–Kier alpha value is -2.58. The molecule has 8 heteroatoms. The second-order valence-corrected chi connectivity index (χ2v) is 11.6. The summed E-state index contributed by atoms with van der Waals surface area (Å²) >= 11 is 1.39. The van der Waals surface area contributed by atoms with Crippen molar-refractivity contribution in [3.63, 3.8) is 0 Å². The van der Waals surface area contributed by atoms with Crippen LogP contribution in [-0.4, -0.2) is 58.6 Å². The van der Waals surface area contributed by atoms with Gasteiger partial charge in [0, 0.05) is 18.2 Å². The lowest BCUT2D eigenvalue weighted by Crippen LogP contribution is -2.42. The van der Waals surface area contributed by atoms with E-state index in [0.29, 0.717) is 13.0 Å². The topological polar surface area (TPSA) is 72.3 Å². The van der Waals surface area contributed by atoms with Crippen LogP contribution in [0, 0.1) is 13.8 Å². The first-order valence-electron chi connectivity index (χ1n) is 11.1. The van der Waals surface area contributed by atoms with Crippen molar-refractivity contribution in [2.24, 2.45) is 0 Å². The minimum absolute atomic E-state index is 0.0546. The van der Waals surface area contributed by atoms with E-state index in [1.54, 1.807) is 4.90 Å². The third-order valence-electron chi connectivity index (χ3n) is 6.03. The number of benzene rings is 2. The molecule has 0 bridgehead atoms. The Kier molecular flexibility index (Phi) is 6.95. The second-order valence-electron chi connectivity index (χ2n) is 8.44. The van der Waals surface area contributed by atoms with Gasteiger partial charge in [-0.05, 0) is 38.8 Å². The molecule has 2 heterocycles. The molecule has 4 rings (SSSR count). The summed E-state index contributed by atoms with van der Waals surface area (Å²) in [5, 5.41) is 0.740. The quantitative estimate of drug-likeness (QED) is 0.469. The van der Waals surface area contributed by atoms with E-state index < -0.39 is 9.84 Å². The number of thioether (sulfide) groups is 1. The molecule has 3 aromatic rings. The number of hydrogen-bond acceptors (Lipinski definition) is 5.